The van der Waals surface area contributed by atoms with Gasteiger partial charge in [0.15, 0.2) is 0 Å². The maximum atomic E-state index is 12.5. The lowest BCUT2D eigenvalue weighted by molar-refractivity contribution is -0.140. The van der Waals surface area contributed by atoms with Gasteiger partial charge in [-0.15, -0.1) is 0 Å². The van der Waals surface area contributed by atoms with Crippen molar-refractivity contribution in [1.82, 2.24) is 9.88 Å². The largest absolute Gasteiger partial charge is 0.368 e. The van der Waals surface area contributed by atoms with Crippen LogP contribution in [0, 0.1) is 5.41 Å². The average Bonchev–Trinajstić information content (AvgIpc) is 3.29. The first-order valence-electron chi connectivity index (χ1n) is 8.28. The van der Waals surface area contributed by atoms with Crippen LogP contribution in [0.3, 0.4) is 0 Å². The molecule has 3 aliphatic rings. The third-order valence-electron chi connectivity index (χ3n) is 5.23. The standard InChI is InChI=1S/C17H21N3O3/c21-15-9-17(12-20(15)13-3-1-6-18-10-13)5-7-19(11-17)16(22)14-4-2-8-23-14/h1,3,6,10,14H,2,4-5,7-9,11-12H2/t14-,17?/m1/s1. The molecule has 1 aromatic rings. The van der Waals surface area contributed by atoms with Crippen LogP contribution in [0.4, 0.5) is 5.69 Å². The molecule has 0 aromatic carbocycles. The second-order valence-corrected chi connectivity index (χ2v) is 6.88. The first-order chi connectivity index (χ1) is 11.2. The molecule has 0 bridgehead atoms. The molecule has 0 saturated carbocycles. The number of ether oxygens (including phenoxy) is 1. The number of likely N-dealkylation sites (tertiary alicyclic amines) is 1. The zero-order valence-corrected chi connectivity index (χ0v) is 13.1. The highest BCUT2D eigenvalue weighted by Gasteiger charge is 2.49. The van der Waals surface area contributed by atoms with Gasteiger partial charge in [0.25, 0.3) is 5.91 Å². The number of aromatic nitrogens is 1. The van der Waals surface area contributed by atoms with Crippen molar-refractivity contribution in [2.24, 2.45) is 5.41 Å². The van der Waals surface area contributed by atoms with E-state index in [1.807, 2.05) is 21.9 Å². The van der Waals surface area contributed by atoms with Crippen LogP contribution in [0.2, 0.25) is 0 Å². The maximum absolute atomic E-state index is 12.5. The van der Waals surface area contributed by atoms with E-state index in [1.165, 1.54) is 0 Å². The van der Waals surface area contributed by atoms with Gasteiger partial charge in [-0.25, -0.2) is 0 Å². The molecule has 0 N–H and O–H groups in total. The van der Waals surface area contributed by atoms with E-state index in [1.54, 1.807) is 12.4 Å². The molecule has 6 heteroatoms. The number of nitrogens with zero attached hydrogens (tertiary/aromatic N) is 3. The molecular formula is C17H21N3O3. The van der Waals surface area contributed by atoms with Crippen molar-refractivity contribution in [2.75, 3.05) is 31.1 Å². The summed E-state index contributed by atoms with van der Waals surface area (Å²) in [6, 6.07) is 3.75. The smallest absolute Gasteiger partial charge is 0.251 e. The zero-order valence-electron chi connectivity index (χ0n) is 13.1. The third kappa shape index (κ3) is 2.61. The van der Waals surface area contributed by atoms with E-state index < -0.39 is 0 Å². The zero-order chi connectivity index (χ0) is 15.9. The lowest BCUT2D eigenvalue weighted by Gasteiger charge is -2.25. The van der Waals surface area contributed by atoms with E-state index in [2.05, 4.69) is 4.98 Å². The predicted octanol–water partition coefficient (Wildman–Crippen LogP) is 1.22. The molecule has 1 unspecified atom stereocenters. The Balaban J connectivity index is 1.46. The summed E-state index contributed by atoms with van der Waals surface area (Å²) in [5.41, 5.74) is 0.736. The van der Waals surface area contributed by atoms with E-state index >= 15 is 0 Å². The van der Waals surface area contributed by atoms with Crippen molar-refractivity contribution in [2.45, 2.75) is 31.8 Å². The fourth-order valence-electron chi connectivity index (χ4n) is 4.02. The highest BCUT2D eigenvalue weighted by atomic mass is 16.5. The first kappa shape index (κ1) is 14.6. The van der Waals surface area contributed by atoms with E-state index in [4.69, 9.17) is 4.74 Å². The Labute approximate surface area is 135 Å². The molecular weight excluding hydrogens is 294 g/mol. The van der Waals surface area contributed by atoms with E-state index in [0.717, 1.165) is 31.5 Å². The summed E-state index contributed by atoms with van der Waals surface area (Å²) in [4.78, 5) is 32.8. The molecule has 4 heterocycles. The van der Waals surface area contributed by atoms with Crippen LogP contribution in [0.25, 0.3) is 0 Å². The number of amides is 2. The first-order valence-corrected chi connectivity index (χ1v) is 8.28. The summed E-state index contributed by atoms with van der Waals surface area (Å²) >= 11 is 0. The maximum Gasteiger partial charge on any atom is 0.251 e. The molecule has 1 aromatic heterocycles. The normalized spacial score (nSPS) is 30.6. The van der Waals surface area contributed by atoms with Gasteiger partial charge >= 0.3 is 0 Å². The molecule has 1 spiro atoms. The highest BCUT2D eigenvalue weighted by Crippen LogP contribution is 2.42. The number of anilines is 1. The molecule has 3 aliphatic heterocycles. The third-order valence-corrected chi connectivity index (χ3v) is 5.23. The number of carbonyl (C=O) groups is 2. The van der Waals surface area contributed by atoms with Crippen molar-refractivity contribution in [3.05, 3.63) is 24.5 Å². The Hall–Kier alpha value is -1.95. The molecule has 122 valence electrons. The molecule has 0 radical (unpaired) electrons. The van der Waals surface area contributed by atoms with Gasteiger partial charge in [-0.2, -0.15) is 0 Å². The molecule has 3 fully saturated rings. The molecule has 0 aliphatic carbocycles. The summed E-state index contributed by atoms with van der Waals surface area (Å²) in [6.45, 7) is 2.75. The Morgan fingerprint density at radius 3 is 3.04 bits per heavy atom. The Kier molecular flexibility index (Phi) is 3.56. The Bertz CT molecular complexity index is 615. The predicted molar refractivity (Wildman–Crippen MR) is 83.8 cm³/mol. The van der Waals surface area contributed by atoms with Crippen molar-refractivity contribution in [3.8, 4) is 0 Å². The summed E-state index contributed by atoms with van der Waals surface area (Å²) in [5.74, 6) is 0.232. The van der Waals surface area contributed by atoms with Crippen LogP contribution in [0.15, 0.2) is 24.5 Å². The number of rotatable bonds is 2. The summed E-state index contributed by atoms with van der Waals surface area (Å²) in [5, 5.41) is 0. The van der Waals surface area contributed by atoms with E-state index in [-0.39, 0.29) is 23.3 Å². The SMILES string of the molecule is O=C([C@H]1CCCO1)N1CCC2(CC(=O)N(c3cccnc3)C2)C1. The fraction of sp³-hybridized carbons (Fsp3) is 0.588. The van der Waals surface area contributed by atoms with Gasteiger partial charge in [-0.1, -0.05) is 0 Å². The van der Waals surface area contributed by atoms with E-state index in [9.17, 15) is 9.59 Å². The van der Waals surface area contributed by atoms with Gasteiger partial charge in [0.2, 0.25) is 5.91 Å². The van der Waals surface area contributed by atoms with Crippen LogP contribution >= 0.6 is 0 Å². The van der Waals surface area contributed by atoms with Gasteiger partial charge in [-0.05, 0) is 31.4 Å². The second-order valence-electron chi connectivity index (χ2n) is 6.88. The quantitative estimate of drug-likeness (QED) is 0.823. The van der Waals surface area contributed by atoms with Crippen molar-refractivity contribution >= 4 is 17.5 Å². The van der Waals surface area contributed by atoms with Gasteiger partial charge in [0.1, 0.15) is 6.10 Å². The number of hydrogen-bond donors (Lipinski definition) is 0. The molecule has 23 heavy (non-hydrogen) atoms. The van der Waals surface area contributed by atoms with Gasteiger partial charge in [-0.3, -0.25) is 14.6 Å². The Morgan fingerprint density at radius 2 is 2.30 bits per heavy atom. The minimum Gasteiger partial charge on any atom is -0.368 e. The minimum atomic E-state index is -0.267. The monoisotopic (exact) mass is 315 g/mol. The second kappa shape index (κ2) is 5.60. The van der Waals surface area contributed by atoms with Gasteiger partial charge in [0.05, 0.1) is 11.9 Å². The van der Waals surface area contributed by atoms with Crippen LogP contribution in [0.5, 0.6) is 0 Å². The van der Waals surface area contributed by atoms with Crippen LogP contribution in [0.1, 0.15) is 25.7 Å². The Morgan fingerprint density at radius 1 is 1.39 bits per heavy atom. The number of hydrogen-bond acceptors (Lipinski definition) is 4. The van der Waals surface area contributed by atoms with Crippen molar-refractivity contribution < 1.29 is 14.3 Å². The summed E-state index contributed by atoms with van der Waals surface area (Å²) < 4.78 is 5.51. The van der Waals surface area contributed by atoms with Gasteiger partial charge < -0.3 is 14.5 Å². The minimum absolute atomic E-state index is 0.103. The summed E-state index contributed by atoms with van der Waals surface area (Å²) in [7, 11) is 0. The topological polar surface area (TPSA) is 62.7 Å². The molecule has 6 nitrogen and oxygen atoms in total. The highest BCUT2D eigenvalue weighted by molar-refractivity contribution is 5.96. The van der Waals surface area contributed by atoms with Gasteiger partial charge in [0, 0.05) is 44.3 Å². The van der Waals surface area contributed by atoms with Crippen LogP contribution in [-0.4, -0.2) is 54.0 Å². The van der Waals surface area contributed by atoms with E-state index in [0.29, 0.717) is 26.1 Å². The van der Waals surface area contributed by atoms with Crippen molar-refractivity contribution in [3.63, 3.8) is 0 Å². The fourth-order valence-corrected chi connectivity index (χ4v) is 4.02. The molecule has 4 rings (SSSR count). The average molecular weight is 315 g/mol. The number of carbonyl (C=O) groups excluding carboxylic acids is 2. The van der Waals surface area contributed by atoms with Crippen molar-refractivity contribution in [1.29, 1.82) is 0 Å². The van der Waals surface area contributed by atoms with Crippen LogP contribution in [-0.2, 0) is 14.3 Å². The molecule has 2 atom stereocenters. The summed E-state index contributed by atoms with van der Waals surface area (Å²) in [6.07, 6.45) is 6.34. The number of pyridine rings is 1. The lowest BCUT2D eigenvalue weighted by atomic mass is 9.86. The molecule has 3 saturated heterocycles. The molecule has 2 amide bonds. The van der Waals surface area contributed by atoms with Crippen LogP contribution < -0.4 is 4.90 Å². The lowest BCUT2D eigenvalue weighted by Crippen LogP contribution is -2.39.